The van der Waals surface area contributed by atoms with E-state index in [9.17, 15) is 18.0 Å². The number of carbonyl (C=O) groups is 1. The van der Waals surface area contributed by atoms with Gasteiger partial charge in [0.05, 0.1) is 28.9 Å². The summed E-state index contributed by atoms with van der Waals surface area (Å²) in [5.41, 5.74) is 0.338. The molecular formula is C17H19F3N6O. The predicted octanol–water partition coefficient (Wildman–Crippen LogP) is 2.60. The quantitative estimate of drug-likeness (QED) is 0.738. The maximum atomic E-state index is 13.3. The Kier molecular flexibility index (Phi) is 4.90. The van der Waals surface area contributed by atoms with Crippen molar-refractivity contribution in [3.05, 3.63) is 41.0 Å². The number of carbonyl (C=O) groups excluding carboxylic acids is 1. The molecule has 0 spiro atoms. The molecule has 0 bridgehead atoms. The predicted molar refractivity (Wildman–Crippen MR) is 91.8 cm³/mol. The normalized spacial score (nSPS) is 11.9. The average molecular weight is 380 g/mol. The molecule has 0 aliphatic heterocycles. The SMILES string of the molecule is CCn1ccc(CNC(=O)Cn2nc(C)c3c(C(F)(F)F)cc(C)nc32)n1. The highest BCUT2D eigenvalue weighted by Gasteiger charge is 2.35. The van der Waals surface area contributed by atoms with Crippen LogP contribution in [0.4, 0.5) is 13.2 Å². The third-order valence-corrected chi connectivity index (χ3v) is 4.09. The van der Waals surface area contributed by atoms with Crippen molar-refractivity contribution in [1.82, 2.24) is 29.9 Å². The standard InChI is InChI=1S/C17H19F3N6O/c1-4-25-6-5-12(24-25)8-21-14(27)9-26-16-15(11(3)23-26)13(17(18,19)20)7-10(2)22-16/h5-7H,4,8-9H2,1-3H3,(H,21,27). The van der Waals surface area contributed by atoms with Crippen molar-refractivity contribution in [2.45, 2.75) is 46.6 Å². The van der Waals surface area contributed by atoms with Crippen LogP contribution in [0.2, 0.25) is 0 Å². The number of aromatic nitrogens is 5. The number of pyridine rings is 1. The summed E-state index contributed by atoms with van der Waals surface area (Å²) in [5, 5.41) is 11.0. The van der Waals surface area contributed by atoms with E-state index in [-0.39, 0.29) is 41.4 Å². The molecule has 0 radical (unpaired) electrons. The Morgan fingerprint density at radius 3 is 2.63 bits per heavy atom. The summed E-state index contributed by atoms with van der Waals surface area (Å²) in [6, 6.07) is 2.78. The van der Waals surface area contributed by atoms with Crippen LogP contribution in [0.25, 0.3) is 11.0 Å². The Balaban J connectivity index is 1.82. The molecule has 0 aromatic carbocycles. The fourth-order valence-electron chi connectivity index (χ4n) is 2.87. The molecule has 144 valence electrons. The lowest BCUT2D eigenvalue weighted by Crippen LogP contribution is -2.28. The van der Waals surface area contributed by atoms with Crippen molar-refractivity contribution >= 4 is 16.9 Å². The van der Waals surface area contributed by atoms with E-state index in [1.165, 1.54) is 18.5 Å². The molecule has 0 saturated heterocycles. The lowest BCUT2D eigenvalue weighted by atomic mass is 10.1. The van der Waals surface area contributed by atoms with E-state index in [1.54, 1.807) is 16.9 Å². The summed E-state index contributed by atoms with van der Waals surface area (Å²) in [6.45, 7) is 5.62. The van der Waals surface area contributed by atoms with Gasteiger partial charge in [-0.1, -0.05) is 0 Å². The first-order valence-electron chi connectivity index (χ1n) is 8.40. The van der Waals surface area contributed by atoms with Gasteiger partial charge in [-0.25, -0.2) is 9.67 Å². The minimum absolute atomic E-state index is 0.0465. The third kappa shape index (κ3) is 3.93. The molecule has 3 heterocycles. The molecule has 3 aromatic rings. The Bertz CT molecular complexity index is 989. The zero-order valence-electron chi connectivity index (χ0n) is 15.1. The lowest BCUT2D eigenvalue weighted by molar-refractivity contribution is -0.136. The highest BCUT2D eigenvalue weighted by Crippen LogP contribution is 2.36. The van der Waals surface area contributed by atoms with Crippen molar-refractivity contribution < 1.29 is 18.0 Å². The summed E-state index contributed by atoms with van der Waals surface area (Å²) in [7, 11) is 0. The van der Waals surface area contributed by atoms with Crippen LogP contribution >= 0.6 is 0 Å². The average Bonchev–Trinajstić information content (AvgIpc) is 3.16. The lowest BCUT2D eigenvalue weighted by Gasteiger charge is -2.10. The van der Waals surface area contributed by atoms with Crippen LogP contribution in [0.1, 0.15) is 29.6 Å². The Morgan fingerprint density at radius 2 is 2.00 bits per heavy atom. The Morgan fingerprint density at radius 1 is 1.26 bits per heavy atom. The van der Waals surface area contributed by atoms with Gasteiger partial charge in [-0.2, -0.15) is 23.4 Å². The van der Waals surface area contributed by atoms with Gasteiger partial charge >= 0.3 is 6.18 Å². The minimum Gasteiger partial charge on any atom is -0.349 e. The van der Waals surface area contributed by atoms with Crippen LogP contribution < -0.4 is 5.32 Å². The molecule has 3 aromatic heterocycles. The molecule has 0 fully saturated rings. The molecule has 1 amide bonds. The van der Waals surface area contributed by atoms with Gasteiger partial charge in [0.25, 0.3) is 0 Å². The fourth-order valence-corrected chi connectivity index (χ4v) is 2.87. The summed E-state index contributed by atoms with van der Waals surface area (Å²) < 4.78 is 42.9. The van der Waals surface area contributed by atoms with Crippen LogP contribution in [-0.4, -0.2) is 30.5 Å². The van der Waals surface area contributed by atoms with E-state index in [1.807, 2.05) is 6.92 Å². The Labute approximate surface area is 153 Å². The van der Waals surface area contributed by atoms with Crippen LogP contribution in [0.5, 0.6) is 0 Å². The van der Waals surface area contributed by atoms with E-state index in [2.05, 4.69) is 20.5 Å². The van der Waals surface area contributed by atoms with Gasteiger partial charge < -0.3 is 5.32 Å². The Hall–Kier alpha value is -2.91. The first-order chi connectivity index (χ1) is 12.7. The number of nitrogens with one attached hydrogen (secondary N) is 1. The number of hydrogen-bond acceptors (Lipinski definition) is 4. The molecule has 0 aliphatic carbocycles. The number of nitrogens with zero attached hydrogens (tertiary/aromatic N) is 5. The minimum atomic E-state index is -4.52. The van der Waals surface area contributed by atoms with E-state index < -0.39 is 11.7 Å². The molecule has 1 N–H and O–H groups in total. The highest BCUT2D eigenvalue weighted by molar-refractivity contribution is 5.85. The summed E-state index contributed by atoms with van der Waals surface area (Å²) in [4.78, 5) is 16.4. The molecule has 0 unspecified atom stereocenters. The van der Waals surface area contributed by atoms with Crippen LogP contribution in [0.15, 0.2) is 18.3 Å². The van der Waals surface area contributed by atoms with Gasteiger partial charge in [-0.15, -0.1) is 0 Å². The number of alkyl halides is 3. The van der Waals surface area contributed by atoms with E-state index in [0.717, 1.165) is 12.6 Å². The number of fused-ring (bicyclic) bond motifs is 1. The number of aryl methyl sites for hydroxylation is 3. The summed E-state index contributed by atoms with van der Waals surface area (Å²) >= 11 is 0. The number of amides is 1. The second-order valence-corrected chi connectivity index (χ2v) is 6.19. The second-order valence-electron chi connectivity index (χ2n) is 6.19. The zero-order valence-corrected chi connectivity index (χ0v) is 15.1. The largest absolute Gasteiger partial charge is 0.417 e. The molecule has 3 rings (SSSR count). The highest BCUT2D eigenvalue weighted by atomic mass is 19.4. The summed E-state index contributed by atoms with van der Waals surface area (Å²) in [5.74, 6) is -0.387. The molecule has 7 nitrogen and oxygen atoms in total. The molecule has 0 saturated carbocycles. The molecule has 0 atom stereocenters. The first-order valence-corrected chi connectivity index (χ1v) is 8.40. The van der Waals surface area contributed by atoms with Gasteiger partial charge in [0.15, 0.2) is 5.65 Å². The molecule has 27 heavy (non-hydrogen) atoms. The van der Waals surface area contributed by atoms with Crippen molar-refractivity contribution in [2.24, 2.45) is 0 Å². The van der Waals surface area contributed by atoms with Crippen LogP contribution in [0, 0.1) is 13.8 Å². The van der Waals surface area contributed by atoms with Crippen LogP contribution in [0.3, 0.4) is 0 Å². The van der Waals surface area contributed by atoms with Gasteiger partial charge in [0.1, 0.15) is 6.54 Å². The number of rotatable bonds is 5. The van der Waals surface area contributed by atoms with E-state index in [4.69, 9.17) is 0 Å². The van der Waals surface area contributed by atoms with E-state index in [0.29, 0.717) is 5.69 Å². The van der Waals surface area contributed by atoms with E-state index >= 15 is 0 Å². The molecule has 0 aliphatic rings. The number of halogens is 3. The maximum absolute atomic E-state index is 13.3. The fraction of sp³-hybridized carbons (Fsp3) is 0.412. The van der Waals surface area contributed by atoms with Gasteiger partial charge in [0.2, 0.25) is 5.91 Å². The first kappa shape index (κ1) is 18.9. The van der Waals surface area contributed by atoms with Crippen molar-refractivity contribution in [3.63, 3.8) is 0 Å². The second kappa shape index (κ2) is 7.01. The smallest absolute Gasteiger partial charge is 0.349 e. The number of hydrogen-bond donors (Lipinski definition) is 1. The van der Waals surface area contributed by atoms with Crippen molar-refractivity contribution in [3.8, 4) is 0 Å². The maximum Gasteiger partial charge on any atom is 0.417 e. The van der Waals surface area contributed by atoms with Crippen molar-refractivity contribution in [1.29, 1.82) is 0 Å². The van der Waals surface area contributed by atoms with Crippen LogP contribution in [-0.2, 0) is 30.6 Å². The zero-order chi connectivity index (χ0) is 19.8. The molecular weight excluding hydrogens is 361 g/mol. The third-order valence-electron chi connectivity index (χ3n) is 4.09. The van der Waals surface area contributed by atoms with Gasteiger partial charge in [0, 0.05) is 18.4 Å². The summed E-state index contributed by atoms with van der Waals surface area (Å²) in [6.07, 6.45) is -2.72. The van der Waals surface area contributed by atoms with Crippen molar-refractivity contribution in [2.75, 3.05) is 0 Å². The van der Waals surface area contributed by atoms with Gasteiger partial charge in [-0.05, 0) is 32.9 Å². The van der Waals surface area contributed by atoms with Gasteiger partial charge in [-0.3, -0.25) is 9.48 Å². The molecule has 10 heteroatoms. The monoisotopic (exact) mass is 380 g/mol. The topological polar surface area (TPSA) is 77.6 Å².